The molecule has 9 heteroatoms. The van der Waals surface area contributed by atoms with Gasteiger partial charge < -0.3 is 15.0 Å². The van der Waals surface area contributed by atoms with E-state index in [1.807, 2.05) is 13.8 Å². The number of carbonyl (C=O) groups is 2. The summed E-state index contributed by atoms with van der Waals surface area (Å²) in [6, 6.07) is 4.89. The van der Waals surface area contributed by atoms with Gasteiger partial charge in [-0.05, 0) is 36.6 Å². The summed E-state index contributed by atoms with van der Waals surface area (Å²) in [6.45, 7) is 3.57. The molecule has 1 aromatic rings. The van der Waals surface area contributed by atoms with E-state index in [1.165, 1.54) is 36.3 Å². The summed E-state index contributed by atoms with van der Waals surface area (Å²) in [6.07, 6.45) is 0.303. The van der Waals surface area contributed by atoms with Crippen LogP contribution in [0.3, 0.4) is 0 Å². The molecular weight excluding hydrogens is 358 g/mol. The van der Waals surface area contributed by atoms with Crippen molar-refractivity contribution in [3.63, 3.8) is 0 Å². The lowest BCUT2D eigenvalue weighted by molar-refractivity contribution is -0.131. The van der Waals surface area contributed by atoms with Crippen molar-refractivity contribution in [2.75, 3.05) is 27.7 Å². The van der Waals surface area contributed by atoms with Gasteiger partial charge in [0.15, 0.2) is 0 Å². The van der Waals surface area contributed by atoms with E-state index >= 15 is 0 Å². The molecule has 0 aliphatic heterocycles. The van der Waals surface area contributed by atoms with Crippen LogP contribution >= 0.6 is 0 Å². The van der Waals surface area contributed by atoms with E-state index in [1.54, 1.807) is 14.1 Å². The largest absolute Gasteiger partial charge is 0.497 e. The molecule has 0 bridgehead atoms. The van der Waals surface area contributed by atoms with E-state index in [9.17, 15) is 18.0 Å². The highest BCUT2D eigenvalue weighted by Gasteiger charge is 2.27. The Bertz CT molecular complexity index is 714. The third-order valence-corrected chi connectivity index (χ3v) is 5.09. The average Bonchev–Trinajstić information content (AvgIpc) is 2.58. The Morgan fingerprint density at radius 3 is 2.19 bits per heavy atom. The summed E-state index contributed by atoms with van der Waals surface area (Å²) in [4.78, 5) is 25.4. The van der Waals surface area contributed by atoms with Gasteiger partial charge in [0, 0.05) is 14.1 Å². The molecule has 0 saturated carbocycles. The predicted octanol–water partition coefficient (Wildman–Crippen LogP) is 0.593. The van der Waals surface area contributed by atoms with Crippen molar-refractivity contribution in [3.8, 4) is 5.75 Å². The van der Waals surface area contributed by atoms with Crippen LogP contribution in [0.25, 0.3) is 0 Å². The maximum Gasteiger partial charge on any atom is 0.241 e. The number of nitrogens with one attached hydrogen (secondary N) is 2. The summed E-state index contributed by atoms with van der Waals surface area (Å²) in [5, 5.41) is 2.48. The van der Waals surface area contributed by atoms with Gasteiger partial charge in [0.1, 0.15) is 11.8 Å². The normalized spacial score (nSPS) is 12.5. The maximum atomic E-state index is 12.6. The molecule has 0 saturated heterocycles. The quantitative estimate of drug-likeness (QED) is 0.647. The second kappa shape index (κ2) is 9.54. The summed E-state index contributed by atoms with van der Waals surface area (Å²) in [5.41, 5.74) is 0. The maximum absolute atomic E-state index is 12.6. The summed E-state index contributed by atoms with van der Waals surface area (Å²) in [5.74, 6) is -0.206. The van der Waals surface area contributed by atoms with Crippen LogP contribution in [0.4, 0.5) is 0 Å². The SMILES string of the molecule is COc1ccc(S(=O)(=O)NC(CC(C)C)C(=O)NCC(=O)N(C)C)cc1. The molecule has 146 valence electrons. The number of hydrogen-bond donors (Lipinski definition) is 2. The van der Waals surface area contributed by atoms with Gasteiger partial charge in [0.2, 0.25) is 21.8 Å². The van der Waals surface area contributed by atoms with Gasteiger partial charge in [-0.2, -0.15) is 4.72 Å². The van der Waals surface area contributed by atoms with Crippen LogP contribution in [0.2, 0.25) is 0 Å². The Kier molecular flexibility index (Phi) is 8.04. The fraction of sp³-hybridized carbons (Fsp3) is 0.529. The highest BCUT2D eigenvalue weighted by Crippen LogP contribution is 2.16. The van der Waals surface area contributed by atoms with E-state index < -0.39 is 22.0 Å². The van der Waals surface area contributed by atoms with Gasteiger partial charge in [0.25, 0.3) is 0 Å². The molecule has 2 N–H and O–H groups in total. The van der Waals surface area contributed by atoms with Crippen molar-refractivity contribution >= 4 is 21.8 Å². The zero-order valence-electron chi connectivity index (χ0n) is 15.8. The summed E-state index contributed by atoms with van der Waals surface area (Å²) >= 11 is 0. The first-order valence-electron chi connectivity index (χ1n) is 8.21. The second-order valence-corrected chi connectivity index (χ2v) is 8.20. The minimum atomic E-state index is -3.89. The first-order valence-corrected chi connectivity index (χ1v) is 9.69. The van der Waals surface area contributed by atoms with Crippen molar-refractivity contribution in [2.45, 2.75) is 31.2 Å². The van der Waals surface area contributed by atoms with Crippen LogP contribution in [0.15, 0.2) is 29.2 Å². The molecule has 0 fully saturated rings. The predicted molar refractivity (Wildman–Crippen MR) is 98.3 cm³/mol. The van der Waals surface area contributed by atoms with Gasteiger partial charge in [-0.3, -0.25) is 9.59 Å². The third kappa shape index (κ3) is 6.64. The number of rotatable bonds is 9. The first kappa shape index (κ1) is 21.9. The Morgan fingerprint density at radius 2 is 1.73 bits per heavy atom. The second-order valence-electron chi connectivity index (χ2n) is 6.48. The third-order valence-electron chi connectivity index (χ3n) is 3.60. The van der Waals surface area contributed by atoms with E-state index in [0.29, 0.717) is 12.2 Å². The minimum absolute atomic E-state index is 0.0317. The monoisotopic (exact) mass is 385 g/mol. The van der Waals surface area contributed by atoms with Crippen molar-refractivity contribution in [1.82, 2.24) is 14.9 Å². The number of ether oxygens (including phenoxy) is 1. The lowest BCUT2D eigenvalue weighted by Crippen LogP contribution is -2.49. The highest BCUT2D eigenvalue weighted by atomic mass is 32.2. The van der Waals surface area contributed by atoms with Gasteiger partial charge >= 0.3 is 0 Å². The summed E-state index contributed by atoms with van der Waals surface area (Å²) < 4.78 is 32.6. The molecule has 1 rings (SSSR count). The number of carbonyl (C=O) groups excluding carboxylic acids is 2. The van der Waals surface area contributed by atoms with Crippen molar-refractivity contribution in [1.29, 1.82) is 0 Å². The van der Waals surface area contributed by atoms with Crippen LogP contribution < -0.4 is 14.8 Å². The topological polar surface area (TPSA) is 105 Å². The fourth-order valence-electron chi connectivity index (χ4n) is 2.13. The molecule has 1 aromatic carbocycles. The zero-order valence-corrected chi connectivity index (χ0v) is 16.6. The van der Waals surface area contributed by atoms with Crippen LogP contribution in [-0.4, -0.2) is 58.9 Å². The molecule has 1 atom stereocenters. The number of sulfonamides is 1. The van der Waals surface area contributed by atoms with Crippen LogP contribution in [0, 0.1) is 5.92 Å². The molecular formula is C17H27N3O5S. The van der Waals surface area contributed by atoms with Crippen molar-refractivity contribution < 1.29 is 22.7 Å². The van der Waals surface area contributed by atoms with Crippen molar-refractivity contribution in [3.05, 3.63) is 24.3 Å². The van der Waals surface area contributed by atoms with E-state index in [2.05, 4.69) is 10.0 Å². The van der Waals surface area contributed by atoms with Crippen LogP contribution in [0.5, 0.6) is 5.75 Å². The Hall–Kier alpha value is -2.13. The molecule has 0 aromatic heterocycles. The van der Waals surface area contributed by atoms with Crippen LogP contribution in [-0.2, 0) is 19.6 Å². The smallest absolute Gasteiger partial charge is 0.241 e. The number of nitrogens with zero attached hydrogens (tertiary/aromatic N) is 1. The zero-order chi connectivity index (χ0) is 19.9. The molecule has 1 unspecified atom stereocenters. The average molecular weight is 385 g/mol. The molecule has 2 amide bonds. The molecule has 0 aliphatic carbocycles. The number of likely N-dealkylation sites (N-methyl/N-ethyl adjacent to an activating group) is 1. The lowest BCUT2D eigenvalue weighted by atomic mass is 10.0. The highest BCUT2D eigenvalue weighted by molar-refractivity contribution is 7.89. The number of methoxy groups -OCH3 is 1. The Morgan fingerprint density at radius 1 is 1.15 bits per heavy atom. The molecule has 8 nitrogen and oxygen atoms in total. The van der Waals surface area contributed by atoms with Gasteiger partial charge in [-0.1, -0.05) is 13.8 Å². The van der Waals surface area contributed by atoms with E-state index in [4.69, 9.17) is 4.74 Å². The molecule has 0 heterocycles. The van der Waals surface area contributed by atoms with Crippen molar-refractivity contribution in [2.24, 2.45) is 5.92 Å². The minimum Gasteiger partial charge on any atom is -0.497 e. The van der Waals surface area contributed by atoms with Gasteiger partial charge in [-0.25, -0.2) is 8.42 Å². The van der Waals surface area contributed by atoms with E-state index in [-0.39, 0.29) is 23.3 Å². The molecule has 26 heavy (non-hydrogen) atoms. The molecule has 0 spiro atoms. The Balaban J connectivity index is 2.90. The Labute approximate surface area is 155 Å². The number of amides is 2. The first-order chi connectivity index (χ1) is 12.1. The number of hydrogen-bond acceptors (Lipinski definition) is 5. The van der Waals surface area contributed by atoms with Gasteiger partial charge in [-0.15, -0.1) is 0 Å². The molecule has 0 aliphatic rings. The lowest BCUT2D eigenvalue weighted by Gasteiger charge is -2.20. The van der Waals surface area contributed by atoms with Gasteiger partial charge in [0.05, 0.1) is 18.6 Å². The number of benzene rings is 1. The fourth-order valence-corrected chi connectivity index (χ4v) is 3.34. The standard InChI is InChI=1S/C17H27N3O5S/c1-12(2)10-15(17(22)18-11-16(21)20(3)4)19-26(23,24)14-8-6-13(25-5)7-9-14/h6-9,12,15,19H,10-11H2,1-5H3,(H,18,22). The summed E-state index contributed by atoms with van der Waals surface area (Å²) in [7, 11) is 0.746. The van der Waals surface area contributed by atoms with Crippen LogP contribution in [0.1, 0.15) is 20.3 Å². The van der Waals surface area contributed by atoms with E-state index in [0.717, 1.165) is 0 Å². The molecule has 0 radical (unpaired) electrons.